The van der Waals surface area contributed by atoms with Gasteiger partial charge >= 0.3 is 0 Å². The first-order valence-electron chi connectivity index (χ1n) is 14.1. The average molecular weight is 611 g/mol. The van der Waals surface area contributed by atoms with Crippen LogP contribution in [-0.4, -0.2) is 12.3 Å². The lowest BCUT2D eigenvalue weighted by molar-refractivity contribution is 0.784. The van der Waals surface area contributed by atoms with Gasteiger partial charge in [-0.25, -0.2) is 0 Å². The van der Waals surface area contributed by atoms with Crippen LogP contribution >= 0.6 is 37.8 Å². The minimum atomic E-state index is -0.380. The maximum Gasteiger partial charge on any atom is -0.00694 e. The van der Waals surface area contributed by atoms with Crippen LogP contribution in [0, 0.1) is 0 Å². The van der Waals surface area contributed by atoms with E-state index in [0.717, 1.165) is 8.27 Å². The van der Waals surface area contributed by atoms with Crippen LogP contribution in [0.2, 0.25) is 0 Å². The lowest BCUT2D eigenvalue weighted by Crippen LogP contribution is -2.13. The summed E-state index contributed by atoms with van der Waals surface area (Å²) in [6.07, 6.45) is 6.82. The Bertz CT molecular complexity index is 1440. The minimum Gasteiger partial charge on any atom is -0.0862 e. The Labute approximate surface area is 246 Å². The van der Waals surface area contributed by atoms with Gasteiger partial charge in [-0.3, -0.25) is 0 Å². The summed E-state index contributed by atoms with van der Waals surface area (Å²) in [6, 6.07) is 55.6. The van der Waals surface area contributed by atoms with E-state index in [1.165, 1.54) is 42.7 Å². The normalized spacial score (nSPS) is 22.5. The van der Waals surface area contributed by atoms with Gasteiger partial charge in [-0.05, 0) is 87.0 Å². The SMILES string of the molecule is c1ccc(-c2ccc(P3CCCCCPP(c4ccccc4)P(c4ccccc4)P3c3ccccc3)cc2)cc1. The summed E-state index contributed by atoms with van der Waals surface area (Å²) in [7, 11) is -0.298. The van der Waals surface area contributed by atoms with E-state index in [1.54, 1.807) is 21.2 Å². The molecule has 5 unspecified atom stereocenters. The molecule has 5 aromatic rings. The highest BCUT2D eigenvalue weighted by Gasteiger charge is 2.38. The van der Waals surface area contributed by atoms with Crippen LogP contribution in [0.15, 0.2) is 146 Å². The van der Waals surface area contributed by atoms with Crippen LogP contribution in [0.1, 0.15) is 19.3 Å². The molecule has 0 amide bonds. The Morgan fingerprint density at radius 1 is 0.400 bits per heavy atom. The summed E-state index contributed by atoms with van der Waals surface area (Å²) in [5.74, 6) is 0. The Hall–Kier alpha value is -1.75. The van der Waals surface area contributed by atoms with Crippen molar-refractivity contribution >= 4 is 59.0 Å². The van der Waals surface area contributed by atoms with Crippen LogP contribution < -0.4 is 21.2 Å². The van der Waals surface area contributed by atoms with Crippen molar-refractivity contribution in [3.05, 3.63) is 146 Å². The molecule has 1 heterocycles. The zero-order valence-corrected chi connectivity index (χ0v) is 27.3. The monoisotopic (exact) mass is 610 g/mol. The van der Waals surface area contributed by atoms with Crippen LogP contribution in [0.4, 0.5) is 0 Å². The van der Waals surface area contributed by atoms with Crippen molar-refractivity contribution < 1.29 is 0 Å². The molecule has 1 fully saturated rings. The minimum absolute atomic E-state index is 0.264. The van der Waals surface area contributed by atoms with Gasteiger partial charge in [0.05, 0.1) is 0 Å². The van der Waals surface area contributed by atoms with Crippen molar-refractivity contribution in [3.63, 3.8) is 0 Å². The van der Waals surface area contributed by atoms with E-state index >= 15 is 0 Å². The molecular formula is C35H35P5. The number of hydrogen-bond acceptors (Lipinski definition) is 0. The van der Waals surface area contributed by atoms with Gasteiger partial charge in [-0.15, -0.1) is 0 Å². The third-order valence-electron chi connectivity index (χ3n) is 7.15. The maximum absolute atomic E-state index is 2.49. The van der Waals surface area contributed by atoms with Crippen LogP contribution in [0.5, 0.6) is 0 Å². The standard InChI is InChI=1S/C35H35P5/c1-6-16-30(17-7-1)31-24-26-32(27-25-31)37-29-15-5-14-28-36-38(33-18-8-2-9-19-33)40(35-22-12-4-13-23-35)39(37)34-20-10-3-11-21-34/h1-4,6-13,16-27,36H,5,14-15,28-29H2. The Morgan fingerprint density at radius 3 is 1.50 bits per heavy atom. The lowest BCUT2D eigenvalue weighted by Gasteiger charge is -2.41. The second-order valence-corrected chi connectivity index (χ2v) is 28.6. The first-order valence-corrected chi connectivity index (χ1v) is 23.8. The summed E-state index contributed by atoms with van der Waals surface area (Å²) < 4.78 is 0. The van der Waals surface area contributed by atoms with Gasteiger partial charge in [0.1, 0.15) is 0 Å². The summed E-state index contributed by atoms with van der Waals surface area (Å²) in [5, 5.41) is 6.44. The van der Waals surface area contributed by atoms with Crippen molar-refractivity contribution in [1.82, 2.24) is 0 Å². The molecule has 0 aliphatic carbocycles. The maximum atomic E-state index is 2.49. The molecular weight excluding hydrogens is 575 g/mol. The molecule has 0 saturated carbocycles. The predicted molar refractivity (Wildman–Crippen MR) is 189 cm³/mol. The fourth-order valence-electron chi connectivity index (χ4n) is 5.16. The van der Waals surface area contributed by atoms with Crippen molar-refractivity contribution in [1.29, 1.82) is 0 Å². The second-order valence-electron chi connectivity index (χ2n) is 9.90. The molecule has 6 rings (SSSR count). The smallest absolute Gasteiger partial charge is 0.00694 e. The van der Waals surface area contributed by atoms with Gasteiger partial charge in [-0.1, -0.05) is 160 Å². The lowest BCUT2D eigenvalue weighted by atomic mass is 10.1. The molecule has 1 aliphatic heterocycles. The molecule has 200 valence electrons. The molecule has 1 saturated heterocycles. The highest BCUT2D eigenvalue weighted by atomic mass is 32.8. The summed E-state index contributed by atoms with van der Waals surface area (Å²) in [6.45, 7) is 0. The van der Waals surface area contributed by atoms with E-state index in [4.69, 9.17) is 0 Å². The van der Waals surface area contributed by atoms with Gasteiger partial charge in [0, 0.05) is 0 Å². The molecule has 5 atom stereocenters. The molecule has 0 radical (unpaired) electrons. The molecule has 1 aliphatic rings. The van der Waals surface area contributed by atoms with E-state index < -0.39 is 0 Å². The van der Waals surface area contributed by atoms with Gasteiger partial charge in [0.2, 0.25) is 0 Å². The molecule has 0 N–H and O–H groups in total. The van der Waals surface area contributed by atoms with E-state index in [1.807, 2.05) is 0 Å². The van der Waals surface area contributed by atoms with Gasteiger partial charge in [-0.2, -0.15) is 0 Å². The molecule has 5 heteroatoms. The molecule has 0 spiro atoms. The molecule has 0 nitrogen and oxygen atoms in total. The molecule has 40 heavy (non-hydrogen) atoms. The van der Waals surface area contributed by atoms with Crippen LogP contribution in [0.25, 0.3) is 11.1 Å². The van der Waals surface area contributed by atoms with Crippen LogP contribution in [-0.2, 0) is 0 Å². The van der Waals surface area contributed by atoms with E-state index in [0.29, 0.717) is 0 Å². The van der Waals surface area contributed by atoms with Crippen molar-refractivity contribution in [2.75, 3.05) is 12.3 Å². The zero-order chi connectivity index (χ0) is 27.0. The molecule has 5 aromatic carbocycles. The van der Waals surface area contributed by atoms with Gasteiger partial charge in [0.25, 0.3) is 0 Å². The second kappa shape index (κ2) is 14.4. The molecule has 0 bridgehead atoms. The fourth-order valence-corrected chi connectivity index (χ4v) is 43.8. The Morgan fingerprint density at radius 2 is 0.900 bits per heavy atom. The van der Waals surface area contributed by atoms with Gasteiger partial charge in [0.15, 0.2) is 0 Å². The van der Waals surface area contributed by atoms with Gasteiger partial charge < -0.3 is 0 Å². The summed E-state index contributed by atoms with van der Waals surface area (Å²) in [5.41, 5.74) is 2.63. The van der Waals surface area contributed by atoms with E-state index in [-0.39, 0.29) is 29.5 Å². The number of hydrogen-bond donors (Lipinski definition) is 0. The van der Waals surface area contributed by atoms with E-state index in [9.17, 15) is 0 Å². The Kier molecular flexibility index (Phi) is 10.2. The van der Waals surface area contributed by atoms with Crippen molar-refractivity contribution in [2.45, 2.75) is 19.3 Å². The van der Waals surface area contributed by atoms with E-state index in [2.05, 4.69) is 146 Å². The number of benzene rings is 5. The zero-order valence-electron chi connectivity index (χ0n) is 22.7. The Balaban J connectivity index is 1.51. The first kappa shape index (κ1) is 28.4. The predicted octanol–water partition coefficient (Wildman–Crippen LogP) is 10.4. The first-order chi connectivity index (χ1) is 19.9. The summed E-state index contributed by atoms with van der Waals surface area (Å²) >= 11 is 0. The fraction of sp³-hybridized carbons (Fsp3) is 0.143. The highest BCUT2D eigenvalue weighted by Crippen LogP contribution is 2.98. The quantitative estimate of drug-likeness (QED) is 0.174. The summed E-state index contributed by atoms with van der Waals surface area (Å²) in [4.78, 5) is 0. The number of rotatable bonds is 5. The van der Waals surface area contributed by atoms with Crippen molar-refractivity contribution in [3.8, 4) is 11.1 Å². The molecule has 0 aromatic heterocycles. The average Bonchev–Trinajstić information content (AvgIpc) is 3.04. The largest absolute Gasteiger partial charge is 0.0862 e. The topological polar surface area (TPSA) is 0 Å². The van der Waals surface area contributed by atoms with Crippen molar-refractivity contribution in [2.24, 2.45) is 0 Å². The highest BCUT2D eigenvalue weighted by molar-refractivity contribution is 8.89. The van der Waals surface area contributed by atoms with Crippen LogP contribution in [0.3, 0.4) is 0 Å². The third kappa shape index (κ3) is 6.82. The third-order valence-corrected chi connectivity index (χ3v) is 36.5.